The monoisotopic (exact) mass is 222 g/mol. The second-order valence-corrected chi connectivity index (χ2v) is 5.90. The molecule has 0 aromatic rings. The second kappa shape index (κ2) is 4.34. The van der Waals surface area contributed by atoms with Crippen molar-refractivity contribution in [1.82, 2.24) is 0 Å². The van der Waals surface area contributed by atoms with Crippen molar-refractivity contribution in [2.24, 2.45) is 17.3 Å². The highest BCUT2D eigenvalue weighted by atomic mass is 19.4. The Kier molecular flexibility index (Phi) is 3.72. The fraction of sp³-hybridized carbons (Fsp3) is 1.00. The van der Waals surface area contributed by atoms with Gasteiger partial charge in [0.1, 0.15) is 0 Å². The Morgan fingerprint density at radius 1 is 0.933 bits per heavy atom. The van der Waals surface area contributed by atoms with Crippen molar-refractivity contribution in [2.75, 3.05) is 0 Å². The zero-order valence-electron chi connectivity index (χ0n) is 9.82. The van der Waals surface area contributed by atoms with Crippen LogP contribution >= 0.6 is 0 Å². The van der Waals surface area contributed by atoms with Crippen molar-refractivity contribution >= 4 is 0 Å². The summed E-state index contributed by atoms with van der Waals surface area (Å²) >= 11 is 0. The largest absolute Gasteiger partial charge is 0.389 e. The molecule has 0 saturated heterocycles. The molecule has 0 aliphatic heterocycles. The molecule has 0 atom stereocenters. The van der Waals surface area contributed by atoms with Crippen LogP contribution in [0.1, 0.15) is 52.9 Å². The van der Waals surface area contributed by atoms with Gasteiger partial charge in [0.15, 0.2) is 0 Å². The highest BCUT2D eigenvalue weighted by Gasteiger charge is 2.36. The molecule has 3 heteroatoms. The maximum atomic E-state index is 12.2. The number of hydrogen-bond donors (Lipinski definition) is 0. The van der Waals surface area contributed by atoms with E-state index in [-0.39, 0.29) is 11.3 Å². The summed E-state index contributed by atoms with van der Waals surface area (Å²) in [7, 11) is 0. The highest BCUT2D eigenvalue weighted by molar-refractivity contribution is 4.81. The molecule has 0 amide bonds. The van der Waals surface area contributed by atoms with E-state index < -0.39 is 12.6 Å². The molecule has 0 nitrogen and oxygen atoms in total. The SMILES string of the molecule is CC(C)(C)C1CCC(CC(F)(F)F)CC1. The summed E-state index contributed by atoms with van der Waals surface area (Å²) in [4.78, 5) is 0. The molecule has 1 aliphatic carbocycles. The van der Waals surface area contributed by atoms with Gasteiger partial charge >= 0.3 is 6.18 Å². The Labute approximate surface area is 90.2 Å². The lowest BCUT2D eigenvalue weighted by molar-refractivity contribution is -0.147. The number of hydrogen-bond acceptors (Lipinski definition) is 0. The van der Waals surface area contributed by atoms with Gasteiger partial charge in [0.05, 0.1) is 0 Å². The first-order chi connectivity index (χ1) is 6.68. The molecule has 0 aromatic heterocycles. The Bertz CT molecular complexity index is 192. The van der Waals surface area contributed by atoms with Gasteiger partial charge in [0, 0.05) is 6.42 Å². The number of halogens is 3. The molecule has 0 heterocycles. The van der Waals surface area contributed by atoms with Gasteiger partial charge in [-0.1, -0.05) is 20.8 Å². The normalized spacial score (nSPS) is 29.2. The van der Waals surface area contributed by atoms with Crippen LogP contribution in [0.5, 0.6) is 0 Å². The first-order valence-electron chi connectivity index (χ1n) is 5.75. The molecule has 0 radical (unpaired) electrons. The maximum Gasteiger partial charge on any atom is 0.389 e. The predicted molar refractivity (Wildman–Crippen MR) is 55.6 cm³/mol. The third-order valence-electron chi connectivity index (χ3n) is 3.59. The molecule has 15 heavy (non-hydrogen) atoms. The quantitative estimate of drug-likeness (QED) is 0.598. The van der Waals surface area contributed by atoms with Gasteiger partial charge in [-0.2, -0.15) is 13.2 Å². The second-order valence-electron chi connectivity index (χ2n) is 5.90. The van der Waals surface area contributed by atoms with Crippen LogP contribution in [0.2, 0.25) is 0 Å². The summed E-state index contributed by atoms with van der Waals surface area (Å²) in [6.07, 6.45) is -1.12. The average molecular weight is 222 g/mol. The van der Waals surface area contributed by atoms with Gasteiger partial charge in [-0.05, 0) is 42.9 Å². The Balaban J connectivity index is 2.37. The van der Waals surface area contributed by atoms with E-state index in [4.69, 9.17) is 0 Å². The molecule has 0 aromatic carbocycles. The summed E-state index contributed by atoms with van der Waals surface area (Å²) in [5.41, 5.74) is 0.253. The Morgan fingerprint density at radius 2 is 1.40 bits per heavy atom. The minimum Gasteiger partial charge on any atom is -0.171 e. The molecular formula is C12H21F3. The van der Waals surface area contributed by atoms with Gasteiger partial charge in [0.25, 0.3) is 0 Å². The van der Waals surface area contributed by atoms with E-state index in [0.717, 1.165) is 25.7 Å². The molecule has 0 spiro atoms. The molecule has 1 rings (SSSR count). The van der Waals surface area contributed by atoms with Gasteiger partial charge < -0.3 is 0 Å². The van der Waals surface area contributed by atoms with E-state index in [0.29, 0.717) is 5.92 Å². The molecule has 0 bridgehead atoms. The zero-order valence-corrected chi connectivity index (χ0v) is 9.82. The molecule has 1 aliphatic rings. The van der Waals surface area contributed by atoms with Crippen LogP contribution in [-0.2, 0) is 0 Å². The predicted octanol–water partition coefficient (Wildman–Crippen LogP) is 4.79. The van der Waals surface area contributed by atoms with Crippen molar-refractivity contribution in [3.05, 3.63) is 0 Å². The van der Waals surface area contributed by atoms with E-state index in [2.05, 4.69) is 20.8 Å². The number of rotatable bonds is 1. The lowest BCUT2D eigenvalue weighted by Gasteiger charge is -2.37. The van der Waals surface area contributed by atoms with Crippen LogP contribution in [0.25, 0.3) is 0 Å². The molecule has 0 unspecified atom stereocenters. The lowest BCUT2D eigenvalue weighted by Crippen LogP contribution is -2.27. The fourth-order valence-corrected chi connectivity index (χ4v) is 2.56. The van der Waals surface area contributed by atoms with E-state index in [9.17, 15) is 13.2 Å². The van der Waals surface area contributed by atoms with Crippen LogP contribution in [0.15, 0.2) is 0 Å². The Hall–Kier alpha value is -0.210. The maximum absolute atomic E-state index is 12.2. The van der Waals surface area contributed by atoms with E-state index in [1.165, 1.54) is 0 Å². The van der Waals surface area contributed by atoms with E-state index >= 15 is 0 Å². The van der Waals surface area contributed by atoms with Gasteiger partial charge in [0.2, 0.25) is 0 Å². The van der Waals surface area contributed by atoms with Crippen LogP contribution in [0.4, 0.5) is 13.2 Å². The molecule has 0 N–H and O–H groups in total. The third kappa shape index (κ3) is 4.43. The lowest BCUT2D eigenvalue weighted by atomic mass is 9.69. The smallest absolute Gasteiger partial charge is 0.171 e. The summed E-state index contributed by atoms with van der Waals surface area (Å²) in [5, 5.41) is 0. The first-order valence-corrected chi connectivity index (χ1v) is 5.75. The van der Waals surface area contributed by atoms with Crippen molar-refractivity contribution in [3.63, 3.8) is 0 Å². The molecule has 1 saturated carbocycles. The van der Waals surface area contributed by atoms with E-state index in [1.807, 2.05) is 0 Å². The topological polar surface area (TPSA) is 0 Å². The molecule has 90 valence electrons. The minimum absolute atomic E-state index is 0.122. The summed E-state index contributed by atoms with van der Waals surface area (Å²) in [5.74, 6) is 0.477. The third-order valence-corrected chi connectivity index (χ3v) is 3.59. The van der Waals surface area contributed by atoms with Crippen LogP contribution in [0, 0.1) is 17.3 Å². The average Bonchev–Trinajstić information content (AvgIpc) is 2.00. The molecular weight excluding hydrogens is 201 g/mol. The van der Waals surface area contributed by atoms with Crippen LogP contribution < -0.4 is 0 Å². The Morgan fingerprint density at radius 3 is 1.73 bits per heavy atom. The summed E-state index contributed by atoms with van der Waals surface area (Å²) in [6, 6.07) is 0. The highest BCUT2D eigenvalue weighted by Crippen LogP contribution is 2.42. The van der Waals surface area contributed by atoms with Crippen molar-refractivity contribution in [2.45, 2.75) is 59.1 Å². The van der Waals surface area contributed by atoms with Gasteiger partial charge in [-0.25, -0.2) is 0 Å². The van der Waals surface area contributed by atoms with Crippen molar-refractivity contribution < 1.29 is 13.2 Å². The first kappa shape index (κ1) is 12.9. The summed E-state index contributed by atoms with van der Waals surface area (Å²) < 4.78 is 36.5. The zero-order chi connectivity index (χ0) is 11.7. The van der Waals surface area contributed by atoms with Gasteiger partial charge in [-0.3, -0.25) is 0 Å². The number of alkyl halides is 3. The van der Waals surface area contributed by atoms with Crippen LogP contribution in [-0.4, -0.2) is 6.18 Å². The minimum atomic E-state index is -3.97. The van der Waals surface area contributed by atoms with E-state index in [1.54, 1.807) is 0 Å². The van der Waals surface area contributed by atoms with Crippen molar-refractivity contribution in [1.29, 1.82) is 0 Å². The molecule has 1 fully saturated rings. The van der Waals surface area contributed by atoms with Crippen LogP contribution in [0.3, 0.4) is 0 Å². The van der Waals surface area contributed by atoms with Gasteiger partial charge in [-0.15, -0.1) is 0 Å². The standard InChI is InChI=1S/C12H21F3/c1-11(2,3)10-6-4-9(5-7-10)8-12(13,14)15/h9-10H,4-8H2,1-3H3. The fourth-order valence-electron chi connectivity index (χ4n) is 2.56. The summed E-state index contributed by atoms with van der Waals surface area (Å²) in [6.45, 7) is 6.55. The van der Waals surface area contributed by atoms with Crippen molar-refractivity contribution in [3.8, 4) is 0 Å².